The third-order valence-electron chi connectivity index (χ3n) is 3.62. The van der Waals surface area contributed by atoms with Crippen LogP contribution in [0.4, 0.5) is 5.69 Å². The Balaban J connectivity index is 1.62. The lowest BCUT2D eigenvalue weighted by molar-refractivity contribution is -0.126. The summed E-state index contributed by atoms with van der Waals surface area (Å²) in [5.41, 5.74) is 1.60. The van der Waals surface area contributed by atoms with E-state index < -0.39 is 0 Å². The van der Waals surface area contributed by atoms with E-state index in [9.17, 15) is 9.59 Å². The Morgan fingerprint density at radius 1 is 1.19 bits per heavy atom. The summed E-state index contributed by atoms with van der Waals surface area (Å²) in [5.74, 6) is -0.612. The standard InChI is InChI=1S/C20H15ClN2O2S2/c21-15-9-5-10-16(12-15)22-18(24)13-23-19(25)17(27-20(23)26)11-4-8-14-6-2-1-3-7-14/h1-12H,13H2,(H,22,24). The molecular weight excluding hydrogens is 400 g/mol. The van der Waals surface area contributed by atoms with Crippen molar-refractivity contribution in [2.75, 3.05) is 11.9 Å². The third kappa shape index (κ3) is 5.29. The minimum atomic E-state index is -0.338. The number of hydrogen-bond donors (Lipinski definition) is 1. The number of allylic oxidation sites excluding steroid dienone is 2. The van der Waals surface area contributed by atoms with Gasteiger partial charge in [-0.25, -0.2) is 0 Å². The number of nitrogens with zero attached hydrogens (tertiary/aromatic N) is 1. The molecule has 0 atom stereocenters. The van der Waals surface area contributed by atoms with Gasteiger partial charge in [-0.15, -0.1) is 0 Å². The van der Waals surface area contributed by atoms with E-state index in [0.29, 0.717) is 19.9 Å². The largest absolute Gasteiger partial charge is 0.324 e. The molecule has 1 aliphatic rings. The van der Waals surface area contributed by atoms with Gasteiger partial charge in [0.1, 0.15) is 10.9 Å². The maximum Gasteiger partial charge on any atom is 0.266 e. The second-order valence-corrected chi connectivity index (χ2v) is 7.73. The molecule has 0 radical (unpaired) electrons. The summed E-state index contributed by atoms with van der Waals surface area (Å²) in [6.07, 6.45) is 5.41. The molecule has 1 saturated heterocycles. The fourth-order valence-corrected chi connectivity index (χ4v) is 3.77. The second kappa shape index (κ2) is 8.99. The van der Waals surface area contributed by atoms with E-state index in [1.54, 1.807) is 36.4 Å². The first-order valence-corrected chi connectivity index (χ1v) is 9.66. The Bertz CT molecular complexity index is 942. The average molecular weight is 415 g/mol. The van der Waals surface area contributed by atoms with Gasteiger partial charge in [-0.2, -0.15) is 0 Å². The van der Waals surface area contributed by atoms with E-state index >= 15 is 0 Å². The summed E-state index contributed by atoms with van der Waals surface area (Å²) in [6, 6.07) is 16.6. The molecule has 3 rings (SSSR count). The number of carbonyl (C=O) groups is 2. The van der Waals surface area contributed by atoms with Gasteiger partial charge in [0.15, 0.2) is 0 Å². The molecule has 7 heteroatoms. The van der Waals surface area contributed by atoms with Gasteiger partial charge in [0.2, 0.25) is 5.91 Å². The number of nitrogens with one attached hydrogen (secondary N) is 1. The SMILES string of the molecule is O=C(CN1C(=O)C(=CC=Cc2ccccc2)SC1=S)Nc1cccc(Cl)c1. The number of thiocarbonyl (C=S) groups is 1. The highest BCUT2D eigenvalue weighted by Crippen LogP contribution is 2.30. The number of benzene rings is 2. The summed E-state index contributed by atoms with van der Waals surface area (Å²) in [5, 5.41) is 3.23. The Labute approximate surface area is 171 Å². The fraction of sp³-hybridized carbons (Fsp3) is 0.0500. The number of rotatable bonds is 5. The van der Waals surface area contributed by atoms with Crippen molar-refractivity contribution >= 4 is 63.5 Å². The first-order valence-electron chi connectivity index (χ1n) is 8.05. The molecule has 0 aliphatic carbocycles. The van der Waals surface area contributed by atoms with Gasteiger partial charge in [-0.05, 0) is 29.8 Å². The molecule has 0 unspecified atom stereocenters. The van der Waals surface area contributed by atoms with Crippen LogP contribution in [0, 0.1) is 0 Å². The Hall–Kier alpha value is -2.41. The van der Waals surface area contributed by atoms with Crippen molar-refractivity contribution in [2.45, 2.75) is 0 Å². The summed E-state index contributed by atoms with van der Waals surface area (Å²) < 4.78 is 0.362. The van der Waals surface area contributed by atoms with Crippen LogP contribution in [0.25, 0.3) is 6.08 Å². The molecule has 2 amide bonds. The minimum absolute atomic E-state index is 0.142. The minimum Gasteiger partial charge on any atom is -0.324 e. The Kier molecular flexibility index (Phi) is 6.45. The van der Waals surface area contributed by atoms with Crippen molar-refractivity contribution in [3.63, 3.8) is 0 Å². The lowest BCUT2D eigenvalue weighted by atomic mass is 10.2. The Morgan fingerprint density at radius 2 is 1.96 bits per heavy atom. The van der Waals surface area contributed by atoms with Crippen molar-refractivity contribution in [2.24, 2.45) is 0 Å². The molecule has 1 heterocycles. The molecule has 0 saturated carbocycles. The monoisotopic (exact) mass is 414 g/mol. The molecule has 136 valence electrons. The number of halogens is 1. The van der Waals surface area contributed by atoms with Gasteiger partial charge >= 0.3 is 0 Å². The summed E-state index contributed by atoms with van der Waals surface area (Å²) in [7, 11) is 0. The van der Waals surface area contributed by atoms with Crippen LogP contribution in [0.15, 0.2) is 71.7 Å². The van der Waals surface area contributed by atoms with Gasteiger partial charge in [0.05, 0.1) is 4.91 Å². The molecule has 2 aromatic rings. The van der Waals surface area contributed by atoms with Gasteiger partial charge in [-0.1, -0.05) is 84.1 Å². The first kappa shape index (κ1) is 19.4. The molecule has 1 fully saturated rings. The predicted molar refractivity (Wildman–Crippen MR) is 116 cm³/mol. The summed E-state index contributed by atoms with van der Waals surface area (Å²) in [4.78, 5) is 26.5. The van der Waals surface area contributed by atoms with E-state index in [1.165, 1.54) is 16.7 Å². The number of thioether (sulfide) groups is 1. The van der Waals surface area contributed by atoms with Gasteiger partial charge in [0, 0.05) is 10.7 Å². The molecule has 0 bridgehead atoms. The maximum atomic E-state index is 12.5. The van der Waals surface area contributed by atoms with Crippen molar-refractivity contribution in [3.05, 3.63) is 82.2 Å². The van der Waals surface area contributed by atoms with Gasteiger partial charge in [-0.3, -0.25) is 14.5 Å². The quantitative estimate of drug-likeness (QED) is 0.567. The van der Waals surface area contributed by atoms with E-state index in [4.69, 9.17) is 23.8 Å². The van der Waals surface area contributed by atoms with E-state index in [-0.39, 0.29) is 18.4 Å². The van der Waals surface area contributed by atoms with E-state index in [2.05, 4.69) is 5.32 Å². The Morgan fingerprint density at radius 3 is 2.70 bits per heavy atom. The normalized spacial score (nSPS) is 15.7. The predicted octanol–water partition coefficient (Wildman–Crippen LogP) is 4.74. The van der Waals surface area contributed by atoms with Crippen LogP contribution in [-0.2, 0) is 9.59 Å². The second-order valence-electron chi connectivity index (χ2n) is 5.62. The first-order chi connectivity index (χ1) is 13.0. The van der Waals surface area contributed by atoms with Crippen LogP contribution >= 0.6 is 35.6 Å². The maximum absolute atomic E-state index is 12.5. The lowest BCUT2D eigenvalue weighted by Crippen LogP contribution is -2.36. The average Bonchev–Trinajstić information content (AvgIpc) is 2.90. The summed E-state index contributed by atoms with van der Waals surface area (Å²) >= 11 is 12.3. The van der Waals surface area contributed by atoms with Crippen molar-refractivity contribution in [1.82, 2.24) is 4.90 Å². The van der Waals surface area contributed by atoms with Crippen LogP contribution in [0.3, 0.4) is 0 Å². The zero-order valence-corrected chi connectivity index (χ0v) is 16.5. The van der Waals surface area contributed by atoms with Crippen LogP contribution in [-0.4, -0.2) is 27.6 Å². The van der Waals surface area contributed by atoms with Crippen LogP contribution in [0.2, 0.25) is 5.02 Å². The molecule has 2 aromatic carbocycles. The number of amides is 2. The van der Waals surface area contributed by atoms with Crippen molar-refractivity contribution in [1.29, 1.82) is 0 Å². The molecule has 0 aromatic heterocycles. The van der Waals surface area contributed by atoms with Crippen LogP contribution in [0.1, 0.15) is 5.56 Å². The van der Waals surface area contributed by atoms with Crippen LogP contribution < -0.4 is 5.32 Å². The molecule has 27 heavy (non-hydrogen) atoms. The lowest BCUT2D eigenvalue weighted by Gasteiger charge is -2.14. The smallest absolute Gasteiger partial charge is 0.266 e. The highest BCUT2D eigenvalue weighted by atomic mass is 35.5. The van der Waals surface area contributed by atoms with E-state index in [1.807, 2.05) is 36.4 Å². The number of anilines is 1. The molecule has 0 spiro atoms. The third-order valence-corrected chi connectivity index (χ3v) is 5.25. The molecule has 1 aliphatic heterocycles. The fourth-order valence-electron chi connectivity index (χ4n) is 2.37. The van der Waals surface area contributed by atoms with Crippen molar-refractivity contribution < 1.29 is 9.59 Å². The highest BCUT2D eigenvalue weighted by molar-refractivity contribution is 8.26. The van der Waals surface area contributed by atoms with E-state index in [0.717, 1.165) is 5.56 Å². The highest BCUT2D eigenvalue weighted by Gasteiger charge is 2.33. The van der Waals surface area contributed by atoms with Gasteiger partial charge < -0.3 is 5.32 Å². The molecule has 4 nitrogen and oxygen atoms in total. The zero-order valence-electron chi connectivity index (χ0n) is 14.1. The number of hydrogen-bond acceptors (Lipinski definition) is 4. The zero-order chi connectivity index (χ0) is 19.2. The number of carbonyl (C=O) groups excluding carboxylic acids is 2. The van der Waals surface area contributed by atoms with Crippen molar-refractivity contribution in [3.8, 4) is 0 Å². The van der Waals surface area contributed by atoms with Gasteiger partial charge in [0.25, 0.3) is 5.91 Å². The van der Waals surface area contributed by atoms with Crippen LogP contribution in [0.5, 0.6) is 0 Å². The topological polar surface area (TPSA) is 49.4 Å². The summed E-state index contributed by atoms with van der Waals surface area (Å²) in [6.45, 7) is -0.142. The molecule has 1 N–H and O–H groups in total. The molecular formula is C20H15ClN2O2S2.